The van der Waals surface area contributed by atoms with Gasteiger partial charge in [0.2, 0.25) is 0 Å². The van der Waals surface area contributed by atoms with E-state index in [2.05, 4.69) is 10.1 Å². The van der Waals surface area contributed by atoms with Crippen molar-refractivity contribution in [3.63, 3.8) is 0 Å². The van der Waals surface area contributed by atoms with Crippen LogP contribution in [0.15, 0.2) is 41.4 Å². The Bertz CT molecular complexity index is 1150. The number of nitrogens with zero attached hydrogens (tertiary/aromatic N) is 3. The highest BCUT2D eigenvalue weighted by molar-refractivity contribution is 7.90. The van der Waals surface area contributed by atoms with Gasteiger partial charge in [-0.05, 0) is 25.1 Å². The third-order valence-electron chi connectivity index (χ3n) is 3.88. The van der Waals surface area contributed by atoms with Crippen LogP contribution in [0.3, 0.4) is 0 Å². The summed E-state index contributed by atoms with van der Waals surface area (Å²) < 4.78 is 91.8. The summed E-state index contributed by atoms with van der Waals surface area (Å²) in [7, 11) is -4.22. The number of benzene rings is 1. The van der Waals surface area contributed by atoms with Crippen molar-refractivity contribution in [3.05, 3.63) is 59.6 Å². The van der Waals surface area contributed by atoms with Gasteiger partial charge in [-0.15, -0.1) is 0 Å². The second kappa shape index (κ2) is 6.66. The lowest BCUT2D eigenvalue weighted by atomic mass is 10.1. The molecule has 0 amide bonds. The zero-order valence-electron chi connectivity index (χ0n) is 14.4. The van der Waals surface area contributed by atoms with Gasteiger partial charge in [0.25, 0.3) is 0 Å². The van der Waals surface area contributed by atoms with Gasteiger partial charge in [0, 0.05) is 35.8 Å². The molecule has 0 saturated carbocycles. The van der Waals surface area contributed by atoms with Crippen LogP contribution >= 0.6 is 0 Å². The van der Waals surface area contributed by atoms with Gasteiger partial charge in [0.15, 0.2) is 15.5 Å². The number of pyridine rings is 1. The smallest absolute Gasteiger partial charge is 0.261 e. The molecular weight excluding hydrogens is 405 g/mol. The maximum atomic E-state index is 14.3. The summed E-state index contributed by atoms with van der Waals surface area (Å²) in [6, 6.07) is 4.92. The van der Waals surface area contributed by atoms with Gasteiger partial charge < -0.3 is 0 Å². The van der Waals surface area contributed by atoms with E-state index in [1.165, 1.54) is 18.3 Å². The van der Waals surface area contributed by atoms with Crippen LogP contribution in [-0.2, 0) is 16.0 Å². The van der Waals surface area contributed by atoms with Crippen LogP contribution in [0.25, 0.3) is 16.9 Å². The van der Waals surface area contributed by atoms with Crippen LogP contribution in [0.5, 0.6) is 0 Å². The first kappa shape index (κ1) is 19.9. The second-order valence-electron chi connectivity index (χ2n) is 5.97. The molecule has 3 rings (SSSR count). The fourth-order valence-electron chi connectivity index (χ4n) is 2.69. The zero-order chi connectivity index (χ0) is 20.9. The van der Waals surface area contributed by atoms with Crippen LogP contribution in [0.2, 0.25) is 0 Å². The zero-order valence-corrected chi connectivity index (χ0v) is 15.2. The van der Waals surface area contributed by atoms with Crippen molar-refractivity contribution in [2.24, 2.45) is 0 Å². The van der Waals surface area contributed by atoms with Crippen LogP contribution in [-0.4, -0.2) is 29.4 Å². The minimum atomic E-state index is -4.81. The van der Waals surface area contributed by atoms with Crippen LogP contribution in [0, 0.1) is 18.6 Å². The fraction of sp³-hybridized carbons (Fsp3) is 0.176. The van der Waals surface area contributed by atoms with Gasteiger partial charge in [-0.1, -0.05) is 0 Å². The average Bonchev–Trinajstić information content (AvgIpc) is 2.98. The minimum absolute atomic E-state index is 0.108. The molecule has 0 radical (unpaired) electrons. The number of alkyl halides is 3. The SMILES string of the molecule is Cc1ncccc1-c1cc(C(F)(F)F)nn1-c1cc(F)c(S(C)(=O)=O)c(F)c1. The highest BCUT2D eigenvalue weighted by Crippen LogP contribution is 2.34. The van der Waals surface area contributed by atoms with E-state index in [1.54, 1.807) is 6.92 Å². The molecule has 1 aromatic carbocycles. The van der Waals surface area contributed by atoms with Gasteiger partial charge in [0.1, 0.15) is 16.5 Å². The Morgan fingerprint density at radius 3 is 2.18 bits per heavy atom. The minimum Gasteiger partial charge on any atom is -0.261 e. The molecule has 11 heteroatoms. The molecule has 0 bridgehead atoms. The Balaban J connectivity index is 2.31. The van der Waals surface area contributed by atoms with E-state index < -0.39 is 43.9 Å². The molecule has 3 aromatic rings. The summed E-state index contributed by atoms with van der Waals surface area (Å²) in [5.74, 6) is -2.87. The number of aromatic nitrogens is 3. The highest BCUT2D eigenvalue weighted by Gasteiger charge is 2.36. The summed E-state index contributed by atoms with van der Waals surface area (Å²) in [5.41, 5.74) is -1.16. The largest absolute Gasteiger partial charge is 0.435 e. The Hall–Kier alpha value is -2.82. The second-order valence-corrected chi connectivity index (χ2v) is 7.92. The van der Waals surface area contributed by atoms with Crippen LogP contribution in [0.4, 0.5) is 22.0 Å². The van der Waals surface area contributed by atoms with Gasteiger partial charge in [-0.2, -0.15) is 18.3 Å². The molecule has 0 unspecified atom stereocenters. The van der Waals surface area contributed by atoms with E-state index >= 15 is 0 Å². The Morgan fingerprint density at radius 2 is 1.68 bits per heavy atom. The molecule has 0 aliphatic rings. The average molecular weight is 417 g/mol. The molecule has 0 spiro atoms. The normalized spacial score (nSPS) is 12.4. The van der Waals surface area contributed by atoms with Gasteiger partial charge in [-0.25, -0.2) is 21.9 Å². The summed E-state index contributed by atoms with van der Waals surface area (Å²) in [6.45, 7) is 1.55. The number of halogens is 5. The molecule has 0 N–H and O–H groups in total. The first-order chi connectivity index (χ1) is 12.9. The molecule has 2 heterocycles. The number of sulfone groups is 1. The number of aryl methyl sites for hydroxylation is 1. The van der Waals surface area contributed by atoms with Crippen molar-refractivity contribution in [1.82, 2.24) is 14.8 Å². The lowest BCUT2D eigenvalue weighted by Gasteiger charge is -2.11. The van der Waals surface area contributed by atoms with E-state index in [-0.39, 0.29) is 11.3 Å². The maximum absolute atomic E-state index is 14.3. The van der Waals surface area contributed by atoms with E-state index in [9.17, 15) is 30.4 Å². The molecule has 28 heavy (non-hydrogen) atoms. The quantitative estimate of drug-likeness (QED) is 0.606. The standard InChI is InChI=1S/C17H12F5N3O2S/c1-9-11(4-3-5-23-9)14-8-15(17(20,21)22)24-25(14)10-6-12(18)16(13(19)7-10)28(2,26)27/h3-8H,1-2H3. The lowest BCUT2D eigenvalue weighted by Crippen LogP contribution is -2.10. The van der Waals surface area contributed by atoms with Crippen molar-refractivity contribution in [2.45, 2.75) is 18.0 Å². The summed E-state index contributed by atoms with van der Waals surface area (Å²) in [6.07, 6.45) is -2.75. The number of rotatable bonds is 3. The Morgan fingerprint density at radius 1 is 1.07 bits per heavy atom. The third kappa shape index (κ3) is 3.61. The van der Waals surface area contributed by atoms with Gasteiger partial charge in [0.05, 0.1) is 11.4 Å². The predicted molar refractivity (Wildman–Crippen MR) is 89.6 cm³/mol. The van der Waals surface area contributed by atoms with Gasteiger partial charge in [-0.3, -0.25) is 4.98 Å². The highest BCUT2D eigenvalue weighted by atomic mass is 32.2. The molecule has 0 saturated heterocycles. The van der Waals surface area contributed by atoms with Crippen molar-refractivity contribution in [2.75, 3.05) is 6.26 Å². The monoisotopic (exact) mass is 417 g/mol. The van der Waals surface area contributed by atoms with Crippen molar-refractivity contribution in [1.29, 1.82) is 0 Å². The maximum Gasteiger partial charge on any atom is 0.435 e. The molecule has 2 aromatic heterocycles. The van der Waals surface area contributed by atoms with Crippen molar-refractivity contribution >= 4 is 9.84 Å². The molecule has 148 valence electrons. The van der Waals surface area contributed by atoms with E-state index in [1.807, 2.05) is 0 Å². The lowest BCUT2D eigenvalue weighted by molar-refractivity contribution is -0.141. The molecule has 0 fully saturated rings. The molecule has 0 aliphatic heterocycles. The topological polar surface area (TPSA) is 64.8 Å². The van der Waals surface area contributed by atoms with Crippen LogP contribution < -0.4 is 0 Å². The van der Waals surface area contributed by atoms with E-state index in [0.29, 0.717) is 28.8 Å². The molecular formula is C17H12F5N3O2S. The van der Waals surface area contributed by atoms with E-state index in [4.69, 9.17) is 0 Å². The van der Waals surface area contributed by atoms with Crippen molar-refractivity contribution < 1.29 is 30.4 Å². The molecule has 0 atom stereocenters. The Kier molecular flexibility index (Phi) is 4.74. The Labute approximate surface area is 156 Å². The molecule has 0 aliphatic carbocycles. The summed E-state index contributed by atoms with van der Waals surface area (Å²) >= 11 is 0. The molecule has 5 nitrogen and oxygen atoms in total. The van der Waals surface area contributed by atoms with Crippen molar-refractivity contribution in [3.8, 4) is 16.9 Å². The van der Waals surface area contributed by atoms with Crippen LogP contribution in [0.1, 0.15) is 11.4 Å². The third-order valence-corrected chi connectivity index (χ3v) is 5.01. The van der Waals surface area contributed by atoms with E-state index in [0.717, 1.165) is 6.07 Å². The number of hydrogen-bond acceptors (Lipinski definition) is 4. The first-order valence-corrected chi connectivity index (χ1v) is 9.57. The first-order valence-electron chi connectivity index (χ1n) is 7.68. The summed E-state index contributed by atoms with van der Waals surface area (Å²) in [4.78, 5) is 2.83. The fourth-order valence-corrected chi connectivity index (χ4v) is 3.51. The summed E-state index contributed by atoms with van der Waals surface area (Å²) in [5, 5.41) is 3.42. The van der Waals surface area contributed by atoms with Gasteiger partial charge >= 0.3 is 6.18 Å². The number of hydrogen-bond donors (Lipinski definition) is 0. The predicted octanol–water partition coefficient (Wildman–Crippen LogP) is 3.94.